The second-order valence-corrected chi connectivity index (χ2v) is 5.63. The van der Waals surface area contributed by atoms with Gasteiger partial charge in [-0.05, 0) is 35.6 Å². The Bertz CT molecular complexity index is 526. The zero-order chi connectivity index (χ0) is 13.1. The molecule has 0 saturated heterocycles. The number of rotatable bonds is 4. The summed E-state index contributed by atoms with van der Waals surface area (Å²) in [5.41, 5.74) is 7.82. The third-order valence-electron chi connectivity index (χ3n) is 3.11. The molecule has 0 aliphatic heterocycles. The van der Waals surface area contributed by atoms with E-state index < -0.39 is 6.10 Å². The van der Waals surface area contributed by atoms with Crippen LogP contribution in [0.2, 0.25) is 5.02 Å². The number of hydrogen-bond donors (Lipinski definition) is 2. The van der Waals surface area contributed by atoms with Crippen LogP contribution in [0.25, 0.3) is 0 Å². The van der Waals surface area contributed by atoms with Gasteiger partial charge in [0.05, 0.1) is 6.10 Å². The summed E-state index contributed by atoms with van der Waals surface area (Å²) in [4.78, 5) is 0.963. The fourth-order valence-corrected chi connectivity index (χ4v) is 3.32. The lowest BCUT2D eigenvalue weighted by Crippen LogP contribution is -2.20. The predicted octanol–water partition coefficient (Wildman–Crippen LogP) is 3.49. The summed E-state index contributed by atoms with van der Waals surface area (Å²) in [5, 5.41) is 13.1. The first-order valence-corrected chi connectivity index (χ1v) is 7.07. The Kier molecular flexibility index (Phi) is 4.40. The maximum absolute atomic E-state index is 10.5. The van der Waals surface area contributed by atoms with E-state index in [1.165, 1.54) is 0 Å². The monoisotopic (exact) mass is 281 g/mol. The van der Waals surface area contributed by atoms with Crippen LogP contribution < -0.4 is 5.73 Å². The van der Waals surface area contributed by atoms with Gasteiger partial charge in [0.25, 0.3) is 0 Å². The summed E-state index contributed by atoms with van der Waals surface area (Å²) in [6.07, 6.45) is -0.602. The van der Waals surface area contributed by atoms with E-state index in [0.29, 0.717) is 11.6 Å². The lowest BCUT2D eigenvalue weighted by atomic mass is 9.91. The van der Waals surface area contributed by atoms with Crippen LogP contribution in [-0.2, 0) is 0 Å². The molecule has 0 bridgehead atoms. The molecule has 2 unspecified atom stereocenters. The van der Waals surface area contributed by atoms with Crippen LogP contribution in [0.5, 0.6) is 0 Å². The third-order valence-corrected chi connectivity index (χ3v) is 4.54. The Morgan fingerprint density at radius 2 is 2.06 bits per heavy atom. The average Bonchev–Trinajstić information content (AvgIpc) is 2.78. The van der Waals surface area contributed by atoms with E-state index in [9.17, 15) is 5.11 Å². The van der Waals surface area contributed by atoms with E-state index in [-0.39, 0.29) is 5.92 Å². The molecule has 2 aromatic rings. The summed E-state index contributed by atoms with van der Waals surface area (Å²) < 4.78 is 0. The van der Waals surface area contributed by atoms with Gasteiger partial charge in [-0.15, -0.1) is 11.3 Å². The molecule has 3 N–H and O–H groups in total. The van der Waals surface area contributed by atoms with Crippen LogP contribution in [0.4, 0.5) is 0 Å². The number of nitrogens with two attached hydrogens (primary N) is 1. The number of thiophene rings is 1. The van der Waals surface area contributed by atoms with Crippen LogP contribution in [0, 0.1) is 6.92 Å². The summed E-state index contributed by atoms with van der Waals surface area (Å²) >= 11 is 7.73. The molecule has 0 amide bonds. The number of aryl methyl sites for hydroxylation is 1. The molecular formula is C14H16ClNOS. The Morgan fingerprint density at radius 3 is 2.61 bits per heavy atom. The second-order valence-electron chi connectivity index (χ2n) is 4.28. The van der Waals surface area contributed by atoms with Crippen molar-refractivity contribution in [2.45, 2.75) is 18.9 Å². The molecule has 4 heteroatoms. The minimum Gasteiger partial charge on any atom is -0.387 e. The first-order chi connectivity index (χ1) is 8.65. The van der Waals surface area contributed by atoms with Crippen LogP contribution >= 0.6 is 22.9 Å². The zero-order valence-electron chi connectivity index (χ0n) is 10.1. The summed E-state index contributed by atoms with van der Waals surface area (Å²) in [5.74, 6) is -0.170. The molecule has 2 rings (SSSR count). The summed E-state index contributed by atoms with van der Waals surface area (Å²) in [7, 11) is 0. The van der Waals surface area contributed by atoms with Crippen molar-refractivity contribution >= 4 is 22.9 Å². The van der Waals surface area contributed by atoms with Crippen molar-refractivity contribution in [1.82, 2.24) is 0 Å². The summed E-state index contributed by atoms with van der Waals surface area (Å²) in [6.45, 7) is 2.36. The van der Waals surface area contributed by atoms with Gasteiger partial charge in [-0.25, -0.2) is 0 Å². The lowest BCUT2D eigenvalue weighted by Gasteiger charge is -2.22. The van der Waals surface area contributed by atoms with Crippen molar-refractivity contribution in [2.75, 3.05) is 6.54 Å². The molecule has 0 aliphatic carbocycles. The van der Waals surface area contributed by atoms with Gasteiger partial charge in [-0.1, -0.05) is 29.8 Å². The molecule has 1 aromatic carbocycles. The molecule has 2 atom stereocenters. The number of hydrogen-bond acceptors (Lipinski definition) is 3. The molecule has 2 nitrogen and oxygen atoms in total. The molecule has 96 valence electrons. The van der Waals surface area contributed by atoms with Crippen LogP contribution in [0.15, 0.2) is 35.7 Å². The van der Waals surface area contributed by atoms with Gasteiger partial charge in [-0.2, -0.15) is 0 Å². The second kappa shape index (κ2) is 5.85. The maximum Gasteiger partial charge on any atom is 0.0965 e. The highest BCUT2D eigenvalue weighted by molar-refractivity contribution is 7.10. The Balaban J connectivity index is 2.35. The van der Waals surface area contributed by atoms with Gasteiger partial charge in [0, 0.05) is 22.4 Å². The molecule has 0 aliphatic rings. The number of aliphatic hydroxyl groups is 1. The number of aliphatic hydroxyl groups excluding tert-OH is 1. The third kappa shape index (κ3) is 2.59. The average molecular weight is 282 g/mol. The highest BCUT2D eigenvalue weighted by atomic mass is 35.5. The largest absolute Gasteiger partial charge is 0.387 e. The molecule has 0 fully saturated rings. The Morgan fingerprint density at radius 1 is 1.33 bits per heavy atom. The Hall–Kier alpha value is -0.870. The van der Waals surface area contributed by atoms with Crippen molar-refractivity contribution in [3.63, 3.8) is 0 Å². The molecule has 18 heavy (non-hydrogen) atoms. The van der Waals surface area contributed by atoms with Crippen molar-refractivity contribution in [3.8, 4) is 0 Å². The van der Waals surface area contributed by atoms with Crippen molar-refractivity contribution in [2.24, 2.45) is 5.73 Å². The van der Waals surface area contributed by atoms with Gasteiger partial charge < -0.3 is 10.8 Å². The van der Waals surface area contributed by atoms with E-state index in [1.807, 2.05) is 42.6 Å². The lowest BCUT2D eigenvalue weighted by molar-refractivity contribution is 0.150. The highest BCUT2D eigenvalue weighted by Crippen LogP contribution is 2.37. The zero-order valence-corrected chi connectivity index (χ0v) is 11.7. The molecule has 0 saturated carbocycles. The SMILES string of the molecule is Cc1ccsc1C(O)C(CN)c1ccccc1Cl. The van der Waals surface area contributed by atoms with E-state index >= 15 is 0 Å². The number of halogens is 1. The fourth-order valence-electron chi connectivity index (χ4n) is 2.07. The van der Waals surface area contributed by atoms with Crippen molar-refractivity contribution < 1.29 is 5.11 Å². The predicted molar refractivity (Wildman–Crippen MR) is 77.3 cm³/mol. The smallest absolute Gasteiger partial charge is 0.0965 e. The molecule has 1 aromatic heterocycles. The van der Waals surface area contributed by atoms with E-state index in [2.05, 4.69) is 0 Å². The molecular weight excluding hydrogens is 266 g/mol. The van der Waals surface area contributed by atoms with Crippen molar-refractivity contribution in [3.05, 3.63) is 56.7 Å². The van der Waals surface area contributed by atoms with Crippen LogP contribution in [0.1, 0.15) is 28.0 Å². The molecule has 0 spiro atoms. The van der Waals surface area contributed by atoms with Crippen molar-refractivity contribution in [1.29, 1.82) is 0 Å². The molecule has 1 heterocycles. The minimum absolute atomic E-state index is 0.170. The van der Waals surface area contributed by atoms with E-state index in [0.717, 1.165) is 16.0 Å². The van der Waals surface area contributed by atoms with Gasteiger partial charge in [0.1, 0.15) is 0 Å². The normalized spacial score (nSPS) is 14.4. The first-order valence-electron chi connectivity index (χ1n) is 5.81. The van der Waals surface area contributed by atoms with Crippen LogP contribution in [-0.4, -0.2) is 11.7 Å². The number of benzene rings is 1. The maximum atomic E-state index is 10.5. The first kappa shape index (κ1) is 13.6. The topological polar surface area (TPSA) is 46.2 Å². The standard InChI is InChI=1S/C14H16ClNOS/c1-9-6-7-18-14(9)13(17)11(8-16)10-4-2-3-5-12(10)15/h2-7,11,13,17H,8,16H2,1H3. The Labute approximate surface area is 116 Å². The van der Waals surface area contributed by atoms with Gasteiger partial charge in [0.2, 0.25) is 0 Å². The van der Waals surface area contributed by atoms with Gasteiger partial charge in [0.15, 0.2) is 0 Å². The fraction of sp³-hybridized carbons (Fsp3) is 0.286. The van der Waals surface area contributed by atoms with E-state index in [1.54, 1.807) is 11.3 Å². The quantitative estimate of drug-likeness (QED) is 0.901. The highest BCUT2D eigenvalue weighted by Gasteiger charge is 2.25. The molecule has 0 radical (unpaired) electrons. The van der Waals surface area contributed by atoms with Gasteiger partial charge >= 0.3 is 0 Å². The summed E-state index contributed by atoms with van der Waals surface area (Å²) in [6, 6.07) is 9.54. The minimum atomic E-state index is -0.602. The van der Waals surface area contributed by atoms with Crippen LogP contribution in [0.3, 0.4) is 0 Å². The van der Waals surface area contributed by atoms with E-state index in [4.69, 9.17) is 17.3 Å². The van der Waals surface area contributed by atoms with Gasteiger partial charge in [-0.3, -0.25) is 0 Å².